The Morgan fingerprint density at radius 3 is 2.24 bits per heavy atom. The SMILES string of the molecule is Cc1ccc(CN2CCN(C(=S)Nc3ccc(C)c(C)c3)CC2)cc1. The van der Waals surface area contributed by atoms with Gasteiger partial charge in [0.25, 0.3) is 0 Å². The van der Waals surface area contributed by atoms with Gasteiger partial charge >= 0.3 is 0 Å². The normalized spacial score (nSPS) is 15.2. The van der Waals surface area contributed by atoms with E-state index >= 15 is 0 Å². The highest BCUT2D eigenvalue weighted by molar-refractivity contribution is 7.80. The number of nitrogens with one attached hydrogen (secondary N) is 1. The molecule has 0 aromatic heterocycles. The van der Waals surface area contributed by atoms with Gasteiger partial charge < -0.3 is 10.2 Å². The van der Waals surface area contributed by atoms with Crippen molar-refractivity contribution in [3.8, 4) is 0 Å². The lowest BCUT2D eigenvalue weighted by atomic mass is 10.1. The summed E-state index contributed by atoms with van der Waals surface area (Å²) in [7, 11) is 0. The summed E-state index contributed by atoms with van der Waals surface area (Å²) in [4.78, 5) is 4.77. The van der Waals surface area contributed by atoms with Crippen LogP contribution in [0.15, 0.2) is 42.5 Å². The summed E-state index contributed by atoms with van der Waals surface area (Å²) in [5.74, 6) is 0. The largest absolute Gasteiger partial charge is 0.346 e. The molecule has 0 radical (unpaired) electrons. The molecule has 3 nitrogen and oxygen atoms in total. The first kappa shape index (κ1) is 17.9. The van der Waals surface area contributed by atoms with E-state index in [-0.39, 0.29) is 0 Å². The average Bonchev–Trinajstić information content (AvgIpc) is 2.61. The van der Waals surface area contributed by atoms with Crippen molar-refractivity contribution in [2.75, 3.05) is 31.5 Å². The molecule has 3 rings (SSSR count). The number of aryl methyl sites for hydroxylation is 3. The van der Waals surface area contributed by atoms with Gasteiger partial charge in [-0.3, -0.25) is 4.90 Å². The first-order chi connectivity index (χ1) is 12.0. The van der Waals surface area contributed by atoms with Gasteiger partial charge in [-0.2, -0.15) is 0 Å². The van der Waals surface area contributed by atoms with E-state index in [4.69, 9.17) is 12.2 Å². The van der Waals surface area contributed by atoms with Crippen molar-refractivity contribution in [1.82, 2.24) is 9.80 Å². The summed E-state index contributed by atoms with van der Waals surface area (Å²) in [6.45, 7) is 11.5. The van der Waals surface area contributed by atoms with Gasteiger partial charge in [-0.1, -0.05) is 35.9 Å². The third kappa shape index (κ3) is 4.80. The van der Waals surface area contributed by atoms with Gasteiger partial charge in [-0.05, 0) is 61.8 Å². The molecule has 1 saturated heterocycles. The fourth-order valence-corrected chi connectivity index (χ4v) is 3.38. The van der Waals surface area contributed by atoms with E-state index in [1.165, 1.54) is 22.3 Å². The van der Waals surface area contributed by atoms with Crippen LogP contribution in [0.25, 0.3) is 0 Å². The van der Waals surface area contributed by atoms with Crippen molar-refractivity contribution in [1.29, 1.82) is 0 Å². The molecule has 0 saturated carbocycles. The van der Waals surface area contributed by atoms with Gasteiger partial charge in [0.15, 0.2) is 5.11 Å². The van der Waals surface area contributed by atoms with E-state index in [2.05, 4.69) is 78.4 Å². The van der Waals surface area contributed by atoms with Crippen LogP contribution >= 0.6 is 12.2 Å². The van der Waals surface area contributed by atoms with Crippen LogP contribution in [0.4, 0.5) is 5.69 Å². The zero-order valence-electron chi connectivity index (χ0n) is 15.4. The quantitative estimate of drug-likeness (QED) is 0.836. The predicted octanol–water partition coefficient (Wildman–Crippen LogP) is 4.13. The van der Waals surface area contributed by atoms with Crippen molar-refractivity contribution in [3.05, 3.63) is 64.7 Å². The number of hydrogen-bond donors (Lipinski definition) is 1. The minimum Gasteiger partial charge on any atom is -0.346 e. The molecule has 1 heterocycles. The fourth-order valence-electron chi connectivity index (χ4n) is 3.08. The summed E-state index contributed by atoms with van der Waals surface area (Å²) < 4.78 is 0. The number of rotatable bonds is 3. The summed E-state index contributed by atoms with van der Waals surface area (Å²) >= 11 is 5.61. The molecule has 0 atom stereocenters. The summed E-state index contributed by atoms with van der Waals surface area (Å²) in [6.07, 6.45) is 0. The smallest absolute Gasteiger partial charge is 0.173 e. The average molecular weight is 354 g/mol. The summed E-state index contributed by atoms with van der Waals surface area (Å²) in [5.41, 5.74) is 6.37. The van der Waals surface area contributed by atoms with Crippen LogP contribution in [0.3, 0.4) is 0 Å². The van der Waals surface area contributed by atoms with E-state index in [1.54, 1.807) is 0 Å². The monoisotopic (exact) mass is 353 g/mol. The Labute approximate surface area is 156 Å². The van der Waals surface area contributed by atoms with Crippen molar-refractivity contribution >= 4 is 23.0 Å². The minimum absolute atomic E-state index is 0.832. The van der Waals surface area contributed by atoms with E-state index < -0.39 is 0 Å². The maximum atomic E-state index is 5.61. The van der Waals surface area contributed by atoms with Crippen molar-refractivity contribution in [2.24, 2.45) is 0 Å². The van der Waals surface area contributed by atoms with Gasteiger partial charge in [0.05, 0.1) is 0 Å². The second-order valence-electron chi connectivity index (χ2n) is 6.98. The van der Waals surface area contributed by atoms with Crippen LogP contribution in [0.5, 0.6) is 0 Å². The number of nitrogens with zero attached hydrogens (tertiary/aromatic N) is 2. The number of thiocarbonyl (C=S) groups is 1. The lowest BCUT2D eigenvalue weighted by molar-refractivity contribution is 0.177. The maximum Gasteiger partial charge on any atom is 0.173 e. The highest BCUT2D eigenvalue weighted by Crippen LogP contribution is 2.16. The number of anilines is 1. The lowest BCUT2D eigenvalue weighted by Gasteiger charge is -2.36. The van der Waals surface area contributed by atoms with Gasteiger partial charge in [0, 0.05) is 38.4 Å². The Hall–Kier alpha value is -1.91. The third-order valence-corrected chi connectivity index (χ3v) is 5.30. The topological polar surface area (TPSA) is 18.5 Å². The van der Waals surface area contributed by atoms with E-state index in [1.807, 2.05) is 0 Å². The van der Waals surface area contributed by atoms with Crippen molar-refractivity contribution < 1.29 is 0 Å². The molecular formula is C21H27N3S. The predicted molar refractivity (Wildman–Crippen MR) is 110 cm³/mol. The fraction of sp³-hybridized carbons (Fsp3) is 0.381. The molecule has 1 fully saturated rings. The Bertz CT molecular complexity index is 731. The van der Waals surface area contributed by atoms with Crippen LogP contribution in [0, 0.1) is 20.8 Å². The molecule has 1 aliphatic rings. The maximum absolute atomic E-state index is 5.61. The molecule has 0 bridgehead atoms. The molecule has 2 aromatic rings. The number of benzene rings is 2. The zero-order valence-corrected chi connectivity index (χ0v) is 16.2. The molecule has 0 aliphatic carbocycles. The Balaban J connectivity index is 1.50. The highest BCUT2D eigenvalue weighted by atomic mass is 32.1. The van der Waals surface area contributed by atoms with E-state index in [0.717, 1.165) is 43.5 Å². The lowest BCUT2D eigenvalue weighted by Crippen LogP contribution is -2.49. The molecule has 0 amide bonds. The standard InChI is InChI=1S/C21H27N3S/c1-16-4-7-19(8-5-16)15-23-10-12-24(13-11-23)21(25)22-20-9-6-17(2)18(3)14-20/h4-9,14H,10-13,15H2,1-3H3,(H,22,25). The number of piperazine rings is 1. The molecule has 4 heteroatoms. The van der Waals surface area contributed by atoms with Gasteiger partial charge in [-0.15, -0.1) is 0 Å². The van der Waals surface area contributed by atoms with E-state index in [9.17, 15) is 0 Å². The first-order valence-corrected chi connectivity index (χ1v) is 9.33. The Morgan fingerprint density at radius 2 is 1.60 bits per heavy atom. The van der Waals surface area contributed by atoms with Crippen LogP contribution < -0.4 is 5.32 Å². The molecule has 2 aromatic carbocycles. The molecular weight excluding hydrogens is 326 g/mol. The molecule has 25 heavy (non-hydrogen) atoms. The second-order valence-corrected chi connectivity index (χ2v) is 7.36. The third-order valence-electron chi connectivity index (χ3n) is 4.94. The molecule has 1 aliphatic heterocycles. The van der Waals surface area contributed by atoms with E-state index in [0.29, 0.717) is 0 Å². The highest BCUT2D eigenvalue weighted by Gasteiger charge is 2.19. The molecule has 0 unspecified atom stereocenters. The second kappa shape index (κ2) is 7.98. The Morgan fingerprint density at radius 1 is 0.920 bits per heavy atom. The minimum atomic E-state index is 0.832. The molecule has 1 N–H and O–H groups in total. The molecule has 132 valence electrons. The van der Waals surface area contributed by atoms with Gasteiger partial charge in [0.2, 0.25) is 0 Å². The van der Waals surface area contributed by atoms with Crippen molar-refractivity contribution in [3.63, 3.8) is 0 Å². The van der Waals surface area contributed by atoms with Crippen LogP contribution in [0.1, 0.15) is 22.3 Å². The molecule has 0 spiro atoms. The summed E-state index contributed by atoms with van der Waals surface area (Å²) in [5, 5.41) is 4.22. The summed E-state index contributed by atoms with van der Waals surface area (Å²) in [6, 6.07) is 15.2. The van der Waals surface area contributed by atoms with Crippen molar-refractivity contribution in [2.45, 2.75) is 27.3 Å². The van der Waals surface area contributed by atoms with Crippen LogP contribution in [-0.2, 0) is 6.54 Å². The zero-order chi connectivity index (χ0) is 17.8. The first-order valence-electron chi connectivity index (χ1n) is 8.92. The van der Waals surface area contributed by atoms with Gasteiger partial charge in [-0.25, -0.2) is 0 Å². The Kier molecular flexibility index (Phi) is 5.71. The van der Waals surface area contributed by atoms with Gasteiger partial charge in [0.1, 0.15) is 0 Å². The van der Waals surface area contributed by atoms with Crippen LogP contribution in [-0.4, -0.2) is 41.1 Å². The van der Waals surface area contributed by atoms with Crippen LogP contribution in [0.2, 0.25) is 0 Å². The number of hydrogen-bond acceptors (Lipinski definition) is 2.